The summed E-state index contributed by atoms with van der Waals surface area (Å²) in [5.41, 5.74) is 10.7. The van der Waals surface area contributed by atoms with E-state index in [2.05, 4.69) is 33.4 Å². The first-order chi connectivity index (χ1) is 12.1. The van der Waals surface area contributed by atoms with Gasteiger partial charge in [0.25, 0.3) is 0 Å². The molecule has 3 N–H and O–H groups in total. The molecule has 3 rings (SSSR count). The number of hydrogen-bond acceptors (Lipinski definition) is 7. The molecule has 7 heteroatoms. The molecule has 0 aliphatic carbocycles. The van der Waals surface area contributed by atoms with Crippen LogP contribution in [0.4, 0.5) is 10.9 Å². The number of likely N-dealkylation sites (tertiary alicyclic amines) is 1. The molecule has 1 saturated heterocycles. The van der Waals surface area contributed by atoms with E-state index in [1.807, 2.05) is 12.1 Å². The van der Waals surface area contributed by atoms with Gasteiger partial charge in [-0.1, -0.05) is 6.92 Å². The molecule has 1 fully saturated rings. The van der Waals surface area contributed by atoms with E-state index in [4.69, 9.17) is 10.5 Å². The second-order valence-corrected chi connectivity index (χ2v) is 7.34. The van der Waals surface area contributed by atoms with Crippen molar-refractivity contribution >= 4 is 28.5 Å². The van der Waals surface area contributed by atoms with Crippen molar-refractivity contribution in [1.29, 1.82) is 0 Å². The number of benzene rings is 1. The molecule has 25 heavy (non-hydrogen) atoms. The van der Waals surface area contributed by atoms with Crippen molar-refractivity contribution in [3.63, 3.8) is 0 Å². The molecular weight excluding hydrogens is 334 g/mol. The lowest BCUT2D eigenvalue weighted by Crippen LogP contribution is -2.32. The van der Waals surface area contributed by atoms with Gasteiger partial charge in [0.15, 0.2) is 0 Å². The number of methoxy groups -OCH3 is 1. The number of anilines is 2. The number of hydrazone groups is 1. The van der Waals surface area contributed by atoms with Crippen LogP contribution in [-0.2, 0) is 6.54 Å². The molecule has 0 amide bonds. The minimum Gasteiger partial charge on any atom is -0.496 e. The fourth-order valence-electron chi connectivity index (χ4n) is 2.96. The molecule has 0 atom stereocenters. The van der Waals surface area contributed by atoms with Gasteiger partial charge in [-0.2, -0.15) is 5.10 Å². The van der Waals surface area contributed by atoms with E-state index in [1.54, 1.807) is 18.7 Å². The van der Waals surface area contributed by atoms with Crippen LogP contribution < -0.4 is 15.9 Å². The fourth-order valence-corrected chi connectivity index (χ4v) is 3.51. The lowest BCUT2D eigenvalue weighted by Gasteiger charge is -2.30. The summed E-state index contributed by atoms with van der Waals surface area (Å²) < 4.78 is 5.53. The van der Waals surface area contributed by atoms with Gasteiger partial charge in [-0.25, -0.2) is 4.98 Å². The van der Waals surface area contributed by atoms with E-state index in [-0.39, 0.29) is 0 Å². The number of nitrogen functional groups attached to an aromatic ring is 1. The molecular formula is C18H25N5OS. The average Bonchev–Trinajstić information content (AvgIpc) is 3.02. The van der Waals surface area contributed by atoms with Crippen LogP contribution in [0.3, 0.4) is 0 Å². The predicted molar refractivity (Wildman–Crippen MR) is 104 cm³/mol. The summed E-state index contributed by atoms with van der Waals surface area (Å²) in [6.07, 6.45) is 4.33. The zero-order valence-corrected chi connectivity index (χ0v) is 15.6. The Kier molecular flexibility index (Phi) is 5.88. The zero-order valence-electron chi connectivity index (χ0n) is 14.7. The van der Waals surface area contributed by atoms with E-state index < -0.39 is 0 Å². The van der Waals surface area contributed by atoms with Crippen LogP contribution in [0.5, 0.6) is 5.75 Å². The first kappa shape index (κ1) is 17.7. The highest BCUT2D eigenvalue weighted by molar-refractivity contribution is 7.14. The van der Waals surface area contributed by atoms with E-state index in [0.717, 1.165) is 36.9 Å². The minimum atomic E-state index is 0.505. The minimum absolute atomic E-state index is 0.505. The third kappa shape index (κ3) is 4.93. The molecule has 0 saturated carbocycles. The summed E-state index contributed by atoms with van der Waals surface area (Å²) in [6, 6.07) is 6.14. The van der Waals surface area contributed by atoms with E-state index in [1.165, 1.54) is 29.7 Å². The first-order valence-corrected chi connectivity index (χ1v) is 9.41. The highest BCUT2D eigenvalue weighted by Gasteiger charge is 2.17. The van der Waals surface area contributed by atoms with Crippen molar-refractivity contribution in [1.82, 2.24) is 9.88 Å². The predicted octanol–water partition coefficient (Wildman–Crippen LogP) is 3.41. The van der Waals surface area contributed by atoms with Crippen LogP contribution in [-0.4, -0.2) is 36.3 Å². The number of nitrogens with one attached hydrogen (secondary N) is 1. The number of nitrogens with two attached hydrogens (primary N) is 1. The number of piperidine rings is 1. The molecule has 0 unspecified atom stereocenters. The summed E-state index contributed by atoms with van der Waals surface area (Å²) in [7, 11) is 1.72. The molecule has 1 aliphatic heterocycles. The van der Waals surface area contributed by atoms with Gasteiger partial charge in [0.05, 0.1) is 13.3 Å². The first-order valence-electron chi connectivity index (χ1n) is 8.53. The summed E-state index contributed by atoms with van der Waals surface area (Å²) in [5.74, 6) is 2.27. The highest BCUT2D eigenvalue weighted by atomic mass is 32.1. The topological polar surface area (TPSA) is 75.8 Å². The van der Waals surface area contributed by atoms with Crippen LogP contribution in [0.15, 0.2) is 28.7 Å². The molecule has 134 valence electrons. The summed E-state index contributed by atoms with van der Waals surface area (Å²) in [6.45, 7) is 5.54. The Morgan fingerprint density at radius 2 is 2.24 bits per heavy atom. The largest absolute Gasteiger partial charge is 0.496 e. The maximum absolute atomic E-state index is 5.60. The molecule has 0 spiro atoms. The van der Waals surface area contributed by atoms with Crippen LogP contribution in [0, 0.1) is 5.92 Å². The SMILES string of the molecule is COc1ccc(C=NNc2nc(N)cs2)cc1CN1CCC(C)CC1. The van der Waals surface area contributed by atoms with E-state index in [0.29, 0.717) is 10.9 Å². The van der Waals surface area contributed by atoms with Gasteiger partial charge in [-0.05, 0) is 55.6 Å². The third-order valence-corrected chi connectivity index (χ3v) is 5.24. The van der Waals surface area contributed by atoms with Crippen molar-refractivity contribution in [3.8, 4) is 5.75 Å². The number of thiazole rings is 1. The fraction of sp³-hybridized carbons (Fsp3) is 0.444. The third-order valence-electron chi connectivity index (χ3n) is 4.47. The van der Waals surface area contributed by atoms with Crippen LogP contribution in [0.2, 0.25) is 0 Å². The van der Waals surface area contributed by atoms with E-state index >= 15 is 0 Å². The Labute approximate surface area is 152 Å². The van der Waals surface area contributed by atoms with Gasteiger partial charge in [-0.15, -0.1) is 11.3 Å². The molecule has 0 bridgehead atoms. The van der Waals surface area contributed by atoms with Crippen molar-refractivity contribution in [2.24, 2.45) is 11.0 Å². The van der Waals surface area contributed by atoms with Gasteiger partial charge in [-0.3, -0.25) is 10.3 Å². The molecule has 1 aliphatic rings. The smallest absolute Gasteiger partial charge is 0.205 e. The number of nitrogens with zero attached hydrogens (tertiary/aromatic N) is 3. The van der Waals surface area contributed by atoms with Crippen LogP contribution in [0.25, 0.3) is 0 Å². The van der Waals surface area contributed by atoms with Crippen molar-refractivity contribution in [2.75, 3.05) is 31.4 Å². The quantitative estimate of drug-likeness (QED) is 0.611. The Morgan fingerprint density at radius 3 is 2.92 bits per heavy atom. The number of hydrogen-bond donors (Lipinski definition) is 2. The van der Waals surface area contributed by atoms with Gasteiger partial charge in [0.1, 0.15) is 11.6 Å². The van der Waals surface area contributed by atoms with Crippen molar-refractivity contribution in [2.45, 2.75) is 26.3 Å². The summed E-state index contributed by atoms with van der Waals surface area (Å²) in [5, 5.41) is 6.71. The second kappa shape index (κ2) is 8.31. The molecule has 1 aromatic heterocycles. The monoisotopic (exact) mass is 359 g/mol. The van der Waals surface area contributed by atoms with Gasteiger partial charge < -0.3 is 10.5 Å². The zero-order chi connectivity index (χ0) is 17.6. The lowest BCUT2D eigenvalue weighted by atomic mass is 9.98. The molecule has 6 nitrogen and oxygen atoms in total. The number of aromatic nitrogens is 1. The Bertz CT molecular complexity index is 722. The summed E-state index contributed by atoms with van der Waals surface area (Å²) >= 11 is 1.43. The van der Waals surface area contributed by atoms with Crippen molar-refractivity contribution < 1.29 is 4.74 Å². The highest BCUT2D eigenvalue weighted by Crippen LogP contribution is 2.24. The average molecular weight is 359 g/mol. The Balaban J connectivity index is 1.66. The standard InChI is InChI=1S/C18H25N5OS/c1-13-5-7-23(8-6-13)11-15-9-14(3-4-16(15)24-2)10-20-22-18-21-17(19)12-25-18/h3-4,9-10,12-13H,5-8,11,19H2,1-2H3,(H,21,22). The molecule has 2 heterocycles. The normalized spacial score (nSPS) is 16.4. The van der Waals surface area contributed by atoms with Gasteiger partial charge in [0.2, 0.25) is 5.13 Å². The molecule has 0 radical (unpaired) electrons. The van der Waals surface area contributed by atoms with Gasteiger partial charge in [0, 0.05) is 17.5 Å². The van der Waals surface area contributed by atoms with E-state index in [9.17, 15) is 0 Å². The van der Waals surface area contributed by atoms with Crippen LogP contribution >= 0.6 is 11.3 Å². The number of rotatable bonds is 6. The molecule has 1 aromatic carbocycles. The van der Waals surface area contributed by atoms with Gasteiger partial charge >= 0.3 is 0 Å². The maximum Gasteiger partial charge on any atom is 0.205 e. The Morgan fingerprint density at radius 1 is 1.44 bits per heavy atom. The lowest BCUT2D eigenvalue weighted by molar-refractivity contribution is 0.183. The number of ether oxygens (including phenoxy) is 1. The second-order valence-electron chi connectivity index (χ2n) is 6.48. The van der Waals surface area contributed by atoms with Crippen molar-refractivity contribution in [3.05, 3.63) is 34.7 Å². The van der Waals surface area contributed by atoms with Crippen LogP contribution in [0.1, 0.15) is 30.9 Å². The molecule has 2 aromatic rings. The summed E-state index contributed by atoms with van der Waals surface area (Å²) in [4.78, 5) is 6.61. The Hall–Kier alpha value is -2.12. The maximum atomic E-state index is 5.60.